The number of non-ortho nitro benzene ring substituents is 1. The minimum Gasteiger partial charge on any atom is -0.495 e. The van der Waals surface area contributed by atoms with Crippen LogP contribution < -0.4 is 14.8 Å². The van der Waals surface area contributed by atoms with Gasteiger partial charge in [-0.3, -0.25) is 19.2 Å². The number of primary amides is 1. The van der Waals surface area contributed by atoms with Gasteiger partial charge in [0.1, 0.15) is 10.6 Å². The quantitative estimate of drug-likeness (QED) is 0.609. The van der Waals surface area contributed by atoms with E-state index >= 15 is 0 Å². The van der Waals surface area contributed by atoms with E-state index in [-0.39, 0.29) is 17.0 Å². The van der Waals surface area contributed by atoms with Gasteiger partial charge in [0.15, 0.2) is 0 Å². The standard InChI is InChI=1S/C15H15N3O6S/c1-17(12-6-4-3-5-11(12)15(16)19)25(22,23)14-9-10(18(20)21)7-8-13(14)24-2/h3-9H,1-2H3,(H2,16,19). The lowest BCUT2D eigenvalue weighted by atomic mass is 10.2. The van der Waals surface area contributed by atoms with Gasteiger partial charge in [0.25, 0.3) is 21.6 Å². The maximum Gasteiger partial charge on any atom is 0.271 e. The first kappa shape index (κ1) is 18.2. The number of nitro benzene ring substituents is 1. The van der Waals surface area contributed by atoms with E-state index in [1.54, 1.807) is 6.07 Å². The molecular formula is C15H15N3O6S. The van der Waals surface area contributed by atoms with Crippen molar-refractivity contribution in [2.75, 3.05) is 18.5 Å². The molecule has 0 aliphatic rings. The summed E-state index contributed by atoms with van der Waals surface area (Å²) in [5.74, 6) is -0.863. The maximum absolute atomic E-state index is 12.9. The van der Waals surface area contributed by atoms with E-state index < -0.39 is 31.4 Å². The SMILES string of the molecule is COc1ccc([N+](=O)[O-])cc1S(=O)(=O)N(C)c1ccccc1C(N)=O. The number of nitrogens with two attached hydrogens (primary N) is 1. The fourth-order valence-electron chi connectivity index (χ4n) is 2.21. The number of benzene rings is 2. The molecule has 2 aromatic rings. The zero-order valence-electron chi connectivity index (χ0n) is 13.4. The van der Waals surface area contributed by atoms with Crippen LogP contribution in [0.3, 0.4) is 0 Å². The highest BCUT2D eigenvalue weighted by atomic mass is 32.2. The fraction of sp³-hybridized carbons (Fsp3) is 0.133. The van der Waals surface area contributed by atoms with Gasteiger partial charge in [-0.05, 0) is 18.2 Å². The molecule has 9 nitrogen and oxygen atoms in total. The molecule has 0 spiro atoms. The maximum atomic E-state index is 12.9. The second-order valence-electron chi connectivity index (χ2n) is 4.95. The Hall–Kier alpha value is -3.14. The second kappa shape index (κ2) is 6.77. The minimum absolute atomic E-state index is 0.00188. The number of carbonyl (C=O) groups is 1. The van der Waals surface area contributed by atoms with Gasteiger partial charge in [0.2, 0.25) is 0 Å². The molecule has 132 valence electrons. The lowest BCUT2D eigenvalue weighted by Gasteiger charge is -2.22. The predicted octanol–water partition coefficient (Wildman–Crippen LogP) is 1.53. The molecular weight excluding hydrogens is 350 g/mol. The number of amides is 1. The van der Waals surface area contributed by atoms with Crippen LogP contribution in [0.25, 0.3) is 0 Å². The van der Waals surface area contributed by atoms with E-state index in [1.807, 2.05) is 0 Å². The van der Waals surface area contributed by atoms with Crippen molar-refractivity contribution in [2.45, 2.75) is 4.90 Å². The average molecular weight is 365 g/mol. The molecule has 25 heavy (non-hydrogen) atoms. The summed E-state index contributed by atoms with van der Waals surface area (Å²) < 4.78 is 31.7. The molecule has 0 saturated heterocycles. The number of nitrogens with zero attached hydrogens (tertiary/aromatic N) is 2. The van der Waals surface area contributed by atoms with Crippen LogP contribution in [0.2, 0.25) is 0 Å². The van der Waals surface area contributed by atoms with Gasteiger partial charge in [-0.15, -0.1) is 0 Å². The number of nitro groups is 1. The van der Waals surface area contributed by atoms with Crippen LogP contribution in [-0.4, -0.2) is 33.4 Å². The molecule has 1 amide bonds. The van der Waals surface area contributed by atoms with Crippen molar-refractivity contribution >= 4 is 27.3 Å². The van der Waals surface area contributed by atoms with Gasteiger partial charge < -0.3 is 10.5 Å². The first-order valence-electron chi connectivity index (χ1n) is 6.90. The Kier molecular flexibility index (Phi) is 4.93. The zero-order valence-corrected chi connectivity index (χ0v) is 14.2. The Morgan fingerprint density at radius 1 is 1.24 bits per heavy atom. The highest BCUT2D eigenvalue weighted by Crippen LogP contribution is 2.33. The van der Waals surface area contributed by atoms with Gasteiger partial charge in [-0.1, -0.05) is 12.1 Å². The molecule has 0 atom stereocenters. The lowest BCUT2D eigenvalue weighted by Crippen LogP contribution is -2.29. The molecule has 2 rings (SSSR count). The summed E-state index contributed by atoms with van der Waals surface area (Å²) in [6, 6.07) is 9.10. The number of anilines is 1. The van der Waals surface area contributed by atoms with Crippen LogP contribution >= 0.6 is 0 Å². The van der Waals surface area contributed by atoms with Crippen molar-refractivity contribution in [1.82, 2.24) is 0 Å². The minimum atomic E-state index is -4.25. The number of para-hydroxylation sites is 1. The third kappa shape index (κ3) is 3.38. The van der Waals surface area contributed by atoms with E-state index in [0.717, 1.165) is 16.4 Å². The Bertz CT molecular complexity index is 942. The van der Waals surface area contributed by atoms with Crippen LogP contribution in [0.1, 0.15) is 10.4 Å². The lowest BCUT2D eigenvalue weighted by molar-refractivity contribution is -0.385. The van der Waals surface area contributed by atoms with Crippen molar-refractivity contribution in [1.29, 1.82) is 0 Å². The molecule has 0 aromatic heterocycles. The number of sulfonamides is 1. The Morgan fingerprint density at radius 2 is 1.88 bits per heavy atom. The highest BCUT2D eigenvalue weighted by Gasteiger charge is 2.29. The third-order valence-electron chi connectivity index (χ3n) is 3.51. The third-order valence-corrected chi connectivity index (χ3v) is 5.30. The van der Waals surface area contributed by atoms with Crippen molar-refractivity contribution in [2.24, 2.45) is 5.73 Å². The molecule has 0 unspecified atom stereocenters. The molecule has 0 bridgehead atoms. The number of hydrogen-bond donors (Lipinski definition) is 1. The van der Waals surface area contributed by atoms with Crippen LogP contribution in [0.4, 0.5) is 11.4 Å². The molecule has 0 aliphatic heterocycles. The molecule has 0 radical (unpaired) electrons. The van der Waals surface area contributed by atoms with Crippen LogP contribution in [0.5, 0.6) is 5.75 Å². The van der Waals surface area contributed by atoms with Crippen molar-refractivity contribution in [3.05, 3.63) is 58.1 Å². The summed E-state index contributed by atoms with van der Waals surface area (Å²) in [4.78, 5) is 21.4. The van der Waals surface area contributed by atoms with Crippen LogP contribution in [0.15, 0.2) is 47.4 Å². The molecule has 2 aromatic carbocycles. The molecule has 10 heteroatoms. The summed E-state index contributed by atoms with van der Waals surface area (Å²) in [5, 5.41) is 11.0. The number of ether oxygens (including phenoxy) is 1. The number of rotatable bonds is 6. The highest BCUT2D eigenvalue weighted by molar-refractivity contribution is 7.93. The summed E-state index contributed by atoms with van der Waals surface area (Å²) in [5.41, 5.74) is 4.92. The molecule has 0 fully saturated rings. The average Bonchev–Trinajstić information content (AvgIpc) is 2.60. The first-order valence-corrected chi connectivity index (χ1v) is 8.34. The fourth-order valence-corrected chi connectivity index (χ4v) is 3.60. The topological polar surface area (TPSA) is 133 Å². The van der Waals surface area contributed by atoms with E-state index in [2.05, 4.69) is 0 Å². The van der Waals surface area contributed by atoms with E-state index in [0.29, 0.717) is 0 Å². The van der Waals surface area contributed by atoms with Crippen molar-refractivity contribution < 1.29 is 22.9 Å². The number of hydrogen-bond acceptors (Lipinski definition) is 6. The number of carbonyl (C=O) groups excluding carboxylic acids is 1. The Balaban J connectivity index is 2.65. The van der Waals surface area contributed by atoms with Gasteiger partial charge in [0.05, 0.1) is 23.3 Å². The Morgan fingerprint density at radius 3 is 2.44 bits per heavy atom. The first-order chi connectivity index (χ1) is 11.7. The van der Waals surface area contributed by atoms with Gasteiger partial charge >= 0.3 is 0 Å². The van der Waals surface area contributed by atoms with Crippen molar-refractivity contribution in [3.63, 3.8) is 0 Å². The monoisotopic (exact) mass is 365 g/mol. The molecule has 0 heterocycles. The molecule has 2 N–H and O–H groups in total. The summed E-state index contributed by atoms with van der Waals surface area (Å²) in [7, 11) is -1.79. The summed E-state index contributed by atoms with van der Waals surface area (Å²) in [6.45, 7) is 0. The van der Waals surface area contributed by atoms with Gasteiger partial charge in [-0.2, -0.15) is 0 Å². The van der Waals surface area contributed by atoms with Crippen LogP contribution in [0, 0.1) is 10.1 Å². The largest absolute Gasteiger partial charge is 0.495 e. The van der Waals surface area contributed by atoms with Crippen molar-refractivity contribution in [3.8, 4) is 5.75 Å². The predicted molar refractivity (Wildman–Crippen MR) is 90.2 cm³/mol. The molecule has 0 aliphatic carbocycles. The molecule has 0 saturated carbocycles. The Labute approximate surface area is 143 Å². The summed E-state index contributed by atoms with van der Waals surface area (Å²) in [6.07, 6.45) is 0. The normalized spacial score (nSPS) is 11.0. The second-order valence-corrected chi connectivity index (χ2v) is 6.88. The van der Waals surface area contributed by atoms with E-state index in [9.17, 15) is 23.3 Å². The van der Waals surface area contributed by atoms with E-state index in [1.165, 1.54) is 38.4 Å². The number of methoxy groups -OCH3 is 1. The van der Waals surface area contributed by atoms with E-state index in [4.69, 9.17) is 10.5 Å². The van der Waals surface area contributed by atoms with Crippen LogP contribution in [-0.2, 0) is 10.0 Å². The van der Waals surface area contributed by atoms with Gasteiger partial charge in [-0.25, -0.2) is 8.42 Å². The smallest absolute Gasteiger partial charge is 0.271 e. The van der Waals surface area contributed by atoms with Gasteiger partial charge in [0, 0.05) is 19.2 Å². The summed E-state index contributed by atoms with van der Waals surface area (Å²) >= 11 is 0. The zero-order chi connectivity index (χ0) is 18.8.